The third-order valence-electron chi connectivity index (χ3n) is 2.39. The molecule has 0 atom stereocenters. The molecule has 1 aromatic heterocycles. The second-order valence-electron chi connectivity index (χ2n) is 4.17. The Labute approximate surface area is 125 Å². The first kappa shape index (κ1) is 16.3. The highest BCUT2D eigenvalue weighted by Gasteiger charge is 2.06. The Hall–Kier alpha value is -1.80. The van der Waals surface area contributed by atoms with Gasteiger partial charge in [0.2, 0.25) is 5.90 Å². The van der Waals surface area contributed by atoms with Crippen LogP contribution in [0.1, 0.15) is 36.3 Å². The fraction of sp³-hybridized carbons (Fsp3) is 0.467. The average molecular weight is 291 g/mol. The van der Waals surface area contributed by atoms with Crippen LogP contribution in [0, 0.1) is 25.8 Å². The van der Waals surface area contributed by atoms with E-state index in [-0.39, 0.29) is 0 Å². The number of aromatic nitrogens is 1. The van der Waals surface area contributed by atoms with Crippen LogP contribution in [0.2, 0.25) is 0 Å². The van der Waals surface area contributed by atoms with Gasteiger partial charge in [-0.05, 0) is 34.6 Å². The maximum Gasteiger partial charge on any atom is 0.210 e. The average Bonchev–Trinajstić information content (AvgIpc) is 2.72. The lowest BCUT2D eigenvalue weighted by Crippen LogP contribution is -2.08. The van der Waals surface area contributed by atoms with Crippen LogP contribution in [-0.4, -0.2) is 17.4 Å². The lowest BCUT2D eigenvalue weighted by Gasteiger charge is -2.06. The van der Waals surface area contributed by atoms with Crippen molar-refractivity contribution < 1.29 is 4.74 Å². The molecule has 0 aliphatic carbocycles. The Kier molecular flexibility index (Phi) is 6.82. The van der Waals surface area contributed by atoms with E-state index < -0.39 is 0 Å². The highest BCUT2D eigenvalue weighted by atomic mass is 32.1. The quantitative estimate of drug-likeness (QED) is 0.392. The van der Waals surface area contributed by atoms with E-state index in [0.29, 0.717) is 19.0 Å². The standard InChI is InChI=1S/C15H21N3OS/c1-6-8-17-11(3)9-15(16-7-2)19-10-14-12(4)18-13(5)20-14/h9,17H,7,10H2,1-5H3/b11-9-,16-15?. The Bertz CT molecular complexity index is 561. The molecule has 0 unspecified atom stereocenters. The first-order valence-corrected chi connectivity index (χ1v) is 7.34. The van der Waals surface area contributed by atoms with Crippen molar-refractivity contribution in [2.24, 2.45) is 4.99 Å². The third-order valence-corrected chi connectivity index (χ3v) is 3.44. The van der Waals surface area contributed by atoms with Crippen molar-refractivity contribution in [2.75, 3.05) is 6.54 Å². The minimum Gasteiger partial charge on any atom is -0.472 e. The van der Waals surface area contributed by atoms with Gasteiger partial charge in [-0.25, -0.2) is 4.98 Å². The van der Waals surface area contributed by atoms with Crippen molar-refractivity contribution in [1.29, 1.82) is 0 Å². The molecule has 108 valence electrons. The Morgan fingerprint density at radius 2 is 2.25 bits per heavy atom. The van der Waals surface area contributed by atoms with Crippen LogP contribution in [-0.2, 0) is 11.3 Å². The molecular weight excluding hydrogens is 270 g/mol. The maximum atomic E-state index is 5.77. The molecule has 20 heavy (non-hydrogen) atoms. The predicted molar refractivity (Wildman–Crippen MR) is 84.7 cm³/mol. The molecule has 0 saturated heterocycles. The summed E-state index contributed by atoms with van der Waals surface area (Å²) in [4.78, 5) is 9.86. The number of aliphatic imine (C=N–C) groups is 1. The van der Waals surface area contributed by atoms with Gasteiger partial charge in [0.25, 0.3) is 0 Å². The highest BCUT2D eigenvalue weighted by molar-refractivity contribution is 7.11. The van der Waals surface area contributed by atoms with Crippen molar-refractivity contribution in [3.8, 4) is 12.0 Å². The summed E-state index contributed by atoms with van der Waals surface area (Å²) in [5, 5.41) is 4.02. The van der Waals surface area contributed by atoms with Crippen LogP contribution in [0.25, 0.3) is 0 Å². The van der Waals surface area contributed by atoms with Gasteiger partial charge in [0, 0.05) is 24.4 Å². The molecule has 0 aliphatic rings. The minimum atomic E-state index is 0.499. The largest absolute Gasteiger partial charge is 0.472 e. The fourth-order valence-electron chi connectivity index (χ4n) is 1.52. The second-order valence-corrected chi connectivity index (χ2v) is 5.46. The van der Waals surface area contributed by atoms with Crippen molar-refractivity contribution in [1.82, 2.24) is 10.3 Å². The first-order chi connectivity index (χ1) is 9.56. The van der Waals surface area contributed by atoms with Crippen LogP contribution >= 0.6 is 11.3 Å². The third kappa shape index (κ3) is 5.45. The molecule has 1 aromatic rings. The van der Waals surface area contributed by atoms with Gasteiger partial charge >= 0.3 is 0 Å². The summed E-state index contributed by atoms with van der Waals surface area (Å²) < 4.78 is 5.77. The fourth-order valence-corrected chi connectivity index (χ4v) is 2.37. The van der Waals surface area contributed by atoms with Crippen molar-refractivity contribution >= 4 is 17.2 Å². The lowest BCUT2D eigenvalue weighted by molar-refractivity contribution is 0.296. The molecule has 1 N–H and O–H groups in total. The second kappa shape index (κ2) is 8.39. The van der Waals surface area contributed by atoms with Crippen LogP contribution in [0.3, 0.4) is 0 Å². The van der Waals surface area contributed by atoms with E-state index in [1.54, 1.807) is 18.3 Å². The number of hydrogen-bond acceptors (Lipinski definition) is 5. The molecule has 0 aromatic carbocycles. The van der Waals surface area contributed by atoms with E-state index in [2.05, 4.69) is 27.3 Å². The summed E-state index contributed by atoms with van der Waals surface area (Å²) >= 11 is 1.66. The van der Waals surface area contributed by atoms with Gasteiger partial charge in [-0.15, -0.1) is 11.3 Å². The SMILES string of the molecule is CC#CN/C(C)=C\C(=NCC)OCc1sc(C)nc1C. The van der Waals surface area contributed by atoms with Gasteiger partial charge in [0.15, 0.2) is 0 Å². The molecule has 0 amide bonds. The molecule has 0 bridgehead atoms. The van der Waals surface area contributed by atoms with Crippen LogP contribution in [0.15, 0.2) is 16.8 Å². The van der Waals surface area contributed by atoms with Crippen molar-refractivity contribution in [2.45, 2.75) is 41.2 Å². The lowest BCUT2D eigenvalue weighted by atomic mass is 10.4. The minimum absolute atomic E-state index is 0.499. The number of aryl methyl sites for hydroxylation is 2. The van der Waals surface area contributed by atoms with Gasteiger partial charge in [-0.2, -0.15) is 0 Å². The molecule has 0 radical (unpaired) electrons. The molecule has 0 saturated carbocycles. The van der Waals surface area contributed by atoms with E-state index in [1.807, 2.05) is 33.8 Å². The number of rotatable bonds is 5. The molecule has 1 rings (SSSR count). The zero-order valence-corrected chi connectivity index (χ0v) is 13.5. The zero-order valence-electron chi connectivity index (χ0n) is 12.7. The number of nitrogens with zero attached hydrogens (tertiary/aromatic N) is 2. The van der Waals surface area contributed by atoms with Crippen molar-refractivity contribution in [3.63, 3.8) is 0 Å². The molecule has 0 fully saturated rings. The van der Waals surface area contributed by atoms with Gasteiger partial charge in [0.05, 0.1) is 15.6 Å². The van der Waals surface area contributed by atoms with Gasteiger partial charge < -0.3 is 10.1 Å². The first-order valence-electron chi connectivity index (χ1n) is 6.53. The van der Waals surface area contributed by atoms with E-state index >= 15 is 0 Å². The molecular formula is C15H21N3OS. The van der Waals surface area contributed by atoms with Gasteiger partial charge in [-0.1, -0.05) is 5.92 Å². The number of ether oxygens (including phenoxy) is 1. The summed E-state index contributed by atoms with van der Waals surface area (Å²) in [6, 6.07) is 2.79. The van der Waals surface area contributed by atoms with E-state index in [9.17, 15) is 0 Å². The van der Waals surface area contributed by atoms with Crippen LogP contribution < -0.4 is 5.32 Å². The van der Waals surface area contributed by atoms with Gasteiger partial charge in [0.1, 0.15) is 6.61 Å². The summed E-state index contributed by atoms with van der Waals surface area (Å²) in [7, 11) is 0. The highest BCUT2D eigenvalue weighted by Crippen LogP contribution is 2.18. The zero-order chi connectivity index (χ0) is 15.0. The maximum absolute atomic E-state index is 5.77. The molecule has 1 heterocycles. The predicted octanol–water partition coefficient (Wildman–Crippen LogP) is 3.17. The molecule has 0 aliphatic heterocycles. The number of hydrogen-bond donors (Lipinski definition) is 1. The summed E-state index contributed by atoms with van der Waals surface area (Å²) in [6.07, 6.45) is 1.86. The van der Waals surface area contributed by atoms with Crippen LogP contribution in [0.4, 0.5) is 0 Å². The summed E-state index contributed by atoms with van der Waals surface area (Å²) in [6.45, 7) is 10.9. The Morgan fingerprint density at radius 1 is 1.50 bits per heavy atom. The number of allylic oxidation sites excluding steroid dienone is 1. The molecule has 4 nitrogen and oxygen atoms in total. The summed E-state index contributed by atoms with van der Waals surface area (Å²) in [5.41, 5.74) is 1.93. The van der Waals surface area contributed by atoms with Gasteiger partial charge in [-0.3, -0.25) is 4.99 Å². The van der Waals surface area contributed by atoms with Crippen LogP contribution in [0.5, 0.6) is 0 Å². The molecule has 0 spiro atoms. The van der Waals surface area contributed by atoms with E-state index in [1.165, 1.54) is 0 Å². The number of thiazole rings is 1. The van der Waals surface area contributed by atoms with Crippen molar-refractivity contribution in [3.05, 3.63) is 27.4 Å². The summed E-state index contributed by atoms with van der Waals surface area (Å²) in [5.74, 6) is 3.39. The van der Waals surface area contributed by atoms with E-state index in [4.69, 9.17) is 4.74 Å². The Balaban J connectivity index is 2.70. The number of nitrogens with one attached hydrogen (secondary N) is 1. The molecule has 5 heteroatoms. The smallest absolute Gasteiger partial charge is 0.210 e. The Morgan fingerprint density at radius 3 is 2.80 bits per heavy atom. The normalized spacial score (nSPS) is 11.8. The topological polar surface area (TPSA) is 46.5 Å². The van der Waals surface area contributed by atoms with E-state index in [0.717, 1.165) is 21.3 Å². The monoisotopic (exact) mass is 291 g/mol.